The average Bonchev–Trinajstić information content (AvgIpc) is 2.59. The second-order valence-corrected chi connectivity index (χ2v) is 5.90. The highest BCUT2D eigenvalue weighted by molar-refractivity contribution is 5.51. The summed E-state index contributed by atoms with van der Waals surface area (Å²) in [5, 5.41) is 0. The highest BCUT2D eigenvalue weighted by Gasteiger charge is 2.93. The Kier molecular flexibility index (Phi) is 6.42. The van der Waals surface area contributed by atoms with Gasteiger partial charge in [-0.2, -0.15) is 65.9 Å². The molecule has 0 bridgehead atoms. The van der Waals surface area contributed by atoms with E-state index in [1.54, 1.807) is 0 Å². The number of benzene rings is 1. The molecule has 1 aromatic carbocycles. The zero-order valence-electron chi connectivity index (χ0n) is 14.2. The van der Waals surface area contributed by atoms with E-state index >= 15 is 0 Å². The summed E-state index contributed by atoms with van der Waals surface area (Å²) in [5.41, 5.74) is 4.58. The molecular formula is C14H8F15NO. The highest BCUT2D eigenvalue weighted by Crippen LogP contribution is 2.62. The van der Waals surface area contributed by atoms with Crippen molar-refractivity contribution in [2.75, 3.05) is 12.3 Å². The summed E-state index contributed by atoms with van der Waals surface area (Å²) >= 11 is 0. The number of ether oxygens (including phenoxy) is 1. The number of halogens is 15. The van der Waals surface area contributed by atoms with Crippen molar-refractivity contribution in [3.05, 3.63) is 24.3 Å². The van der Waals surface area contributed by atoms with Gasteiger partial charge in [0.05, 0.1) is 5.69 Å². The third kappa shape index (κ3) is 3.90. The summed E-state index contributed by atoms with van der Waals surface area (Å²) in [6.07, 6.45) is -7.64. The lowest BCUT2D eigenvalue weighted by Gasteiger charge is -2.41. The Morgan fingerprint density at radius 3 is 1.39 bits per heavy atom. The summed E-state index contributed by atoms with van der Waals surface area (Å²) in [7, 11) is 0. The maximum Gasteiger partial charge on any atom is 0.460 e. The maximum absolute atomic E-state index is 13.6. The molecule has 0 spiro atoms. The van der Waals surface area contributed by atoms with Gasteiger partial charge in [-0.25, -0.2) is 0 Å². The van der Waals surface area contributed by atoms with Crippen molar-refractivity contribution in [1.29, 1.82) is 0 Å². The van der Waals surface area contributed by atoms with Gasteiger partial charge in [-0.1, -0.05) is 12.1 Å². The first-order valence-corrected chi connectivity index (χ1v) is 7.30. The molecule has 0 amide bonds. The molecular weight excluding hydrogens is 483 g/mol. The number of nitrogens with two attached hydrogens (primary N) is 1. The van der Waals surface area contributed by atoms with Crippen LogP contribution in [0.2, 0.25) is 0 Å². The Hall–Kier alpha value is -2.23. The largest absolute Gasteiger partial charge is 0.485 e. The van der Waals surface area contributed by atoms with Gasteiger partial charge >= 0.3 is 41.7 Å². The van der Waals surface area contributed by atoms with Gasteiger partial charge in [0.1, 0.15) is 5.75 Å². The van der Waals surface area contributed by atoms with Gasteiger partial charge in [0, 0.05) is 0 Å². The number of para-hydroxylation sites is 2. The summed E-state index contributed by atoms with van der Waals surface area (Å²) in [6, 6.07) is 3.75. The molecule has 0 aliphatic carbocycles. The first-order chi connectivity index (χ1) is 13.5. The molecule has 0 aromatic heterocycles. The standard InChI is InChI=1S/C14H8F15NO/c15-8(16,5-31-7-4-2-1-3-6(7)30)9(17,18)10(19,20)11(21,22)12(23,24)13(25,26)14(27,28)29/h1-4H,5,30H2. The van der Waals surface area contributed by atoms with E-state index in [9.17, 15) is 65.9 Å². The number of anilines is 1. The zero-order chi connectivity index (χ0) is 24.9. The molecule has 31 heavy (non-hydrogen) atoms. The molecule has 17 heteroatoms. The minimum Gasteiger partial charge on any atom is -0.485 e. The van der Waals surface area contributed by atoms with Gasteiger partial charge in [-0.05, 0) is 12.1 Å². The predicted octanol–water partition coefficient (Wildman–Crippen LogP) is 6.02. The zero-order valence-corrected chi connectivity index (χ0v) is 14.2. The number of rotatable bonds is 8. The quantitative estimate of drug-likeness (QED) is 0.357. The Labute approximate surface area is 161 Å². The number of alkyl halides is 15. The fraction of sp³-hybridized carbons (Fsp3) is 0.571. The molecule has 0 fully saturated rings. The minimum atomic E-state index is -8.32. The van der Waals surface area contributed by atoms with Gasteiger partial charge in [-0.3, -0.25) is 0 Å². The molecule has 0 saturated heterocycles. The molecule has 0 aliphatic heterocycles. The van der Waals surface area contributed by atoms with E-state index in [-0.39, 0.29) is 0 Å². The van der Waals surface area contributed by atoms with Crippen LogP contribution in [0.4, 0.5) is 71.5 Å². The molecule has 0 radical (unpaired) electrons. The van der Waals surface area contributed by atoms with Gasteiger partial charge in [-0.15, -0.1) is 0 Å². The minimum absolute atomic E-state index is 0.560. The predicted molar refractivity (Wildman–Crippen MR) is 72.1 cm³/mol. The summed E-state index contributed by atoms with van der Waals surface area (Å²) < 4.78 is 199. The van der Waals surface area contributed by atoms with Crippen LogP contribution in [0, 0.1) is 0 Å². The molecule has 2 N–H and O–H groups in total. The van der Waals surface area contributed by atoms with E-state index in [0.29, 0.717) is 6.07 Å². The Morgan fingerprint density at radius 2 is 0.968 bits per heavy atom. The molecule has 1 rings (SSSR count). The van der Waals surface area contributed by atoms with Gasteiger partial charge in [0.25, 0.3) is 0 Å². The molecule has 0 saturated carbocycles. The molecule has 1 aromatic rings. The van der Waals surface area contributed by atoms with Gasteiger partial charge in [0.2, 0.25) is 0 Å². The van der Waals surface area contributed by atoms with E-state index in [2.05, 4.69) is 4.74 Å². The number of nitrogen functional groups attached to an aromatic ring is 1. The van der Waals surface area contributed by atoms with Crippen LogP contribution < -0.4 is 10.5 Å². The van der Waals surface area contributed by atoms with Crippen molar-refractivity contribution in [3.63, 3.8) is 0 Å². The Balaban J connectivity index is 3.39. The Bertz CT molecular complexity index is 786. The lowest BCUT2D eigenvalue weighted by molar-refractivity contribution is -0.453. The molecule has 0 unspecified atom stereocenters. The average molecular weight is 491 g/mol. The monoisotopic (exact) mass is 491 g/mol. The van der Waals surface area contributed by atoms with Crippen LogP contribution in [-0.2, 0) is 0 Å². The first-order valence-electron chi connectivity index (χ1n) is 7.30. The maximum atomic E-state index is 13.6. The van der Waals surface area contributed by atoms with Crippen molar-refractivity contribution >= 4 is 5.69 Å². The normalized spacial score (nSPS) is 15.2. The van der Waals surface area contributed by atoms with Crippen LogP contribution in [0.1, 0.15) is 0 Å². The second-order valence-electron chi connectivity index (χ2n) is 5.90. The molecule has 2 nitrogen and oxygen atoms in total. The second kappa shape index (κ2) is 7.43. The summed E-state index contributed by atoms with van der Waals surface area (Å²) in [6.45, 7) is -2.93. The lowest BCUT2D eigenvalue weighted by Crippen LogP contribution is -2.73. The smallest absolute Gasteiger partial charge is 0.460 e. The third-order valence-electron chi connectivity index (χ3n) is 3.72. The van der Waals surface area contributed by atoms with Crippen LogP contribution in [0.5, 0.6) is 5.75 Å². The van der Waals surface area contributed by atoms with Gasteiger partial charge in [0.15, 0.2) is 6.61 Å². The van der Waals surface area contributed by atoms with Crippen LogP contribution in [0.15, 0.2) is 24.3 Å². The van der Waals surface area contributed by atoms with Crippen molar-refractivity contribution in [1.82, 2.24) is 0 Å². The fourth-order valence-electron chi connectivity index (χ4n) is 1.87. The van der Waals surface area contributed by atoms with Crippen LogP contribution in [-0.4, -0.2) is 48.3 Å². The molecule has 0 aliphatic rings. The van der Waals surface area contributed by atoms with Crippen LogP contribution in [0.3, 0.4) is 0 Å². The van der Waals surface area contributed by atoms with E-state index < -0.39 is 59.8 Å². The summed E-state index contributed by atoms with van der Waals surface area (Å²) in [4.78, 5) is 0. The number of hydrogen-bond acceptors (Lipinski definition) is 2. The molecule has 0 atom stereocenters. The van der Waals surface area contributed by atoms with Crippen molar-refractivity contribution in [2.45, 2.75) is 41.7 Å². The molecule has 0 heterocycles. The van der Waals surface area contributed by atoms with Crippen molar-refractivity contribution < 1.29 is 70.6 Å². The fourth-order valence-corrected chi connectivity index (χ4v) is 1.87. The summed E-state index contributed by atoms with van der Waals surface area (Å²) in [5.74, 6) is -47.7. The third-order valence-corrected chi connectivity index (χ3v) is 3.72. The van der Waals surface area contributed by atoms with E-state index in [1.165, 1.54) is 0 Å². The molecule has 180 valence electrons. The van der Waals surface area contributed by atoms with Gasteiger partial charge < -0.3 is 10.5 Å². The Morgan fingerprint density at radius 1 is 0.581 bits per heavy atom. The van der Waals surface area contributed by atoms with E-state index in [4.69, 9.17) is 5.73 Å². The van der Waals surface area contributed by atoms with Crippen molar-refractivity contribution in [2.24, 2.45) is 0 Å². The lowest BCUT2D eigenvalue weighted by atomic mass is 9.91. The van der Waals surface area contributed by atoms with Crippen LogP contribution in [0.25, 0.3) is 0 Å². The first kappa shape index (κ1) is 26.8. The van der Waals surface area contributed by atoms with Crippen LogP contribution >= 0.6 is 0 Å². The van der Waals surface area contributed by atoms with E-state index in [1.807, 2.05) is 0 Å². The number of hydrogen-bond donors (Lipinski definition) is 1. The SMILES string of the molecule is Nc1ccccc1OCC(F)(F)C(F)(F)C(F)(F)C(F)(F)C(F)(F)C(F)(F)C(F)(F)F. The highest BCUT2D eigenvalue weighted by atomic mass is 19.4. The van der Waals surface area contributed by atoms with Crippen molar-refractivity contribution in [3.8, 4) is 5.75 Å². The topological polar surface area (TPSA) is 35.2 Å². The van der Waals surface area contributed by atoms with E-state index in [0.717, 1.165) is 18.2 Å².